The summed E-state index contributed by atoms with van der Waals surface area (Å²) in [7, 11) is 0. The zero-order chi connectivity index (χ0) is 20.2. The van der Waals surface area contributed by atoms with Gasteiger partial charge in [0.2, 0.25) is 5.91 Å². The highest BCUT2D eigenvalue weighted by molar-refractivity contribution is 7.13. The number of carbonyl (C=O) groups excluding carboxylic acids is 2. The highest BCUT2D eigenvalue weighted by atomic mass is 35.5. The number of carbonyl (C=O) groups is 2. The zero-order valence-electron chi connectivity index (χ0n) is 15.6. The monoisotopic (exact) mass is 426 g/mol. The fourth-order valence-electron chi connectivity index (χ4n) is 3.22. The Morgan fingerprint density at radius 3 is 2.69 bits per heavy atom. The Morgan fingerprint density at radius 1 is 1.17 bits per heavy atom. The van der Waals surface area contributed by atoms with Crippen LogP contribution in [0.15, 0.2) is 53.9 Å². The van der Waals surface area contributed by atoms with Crippen LogP contribution in [0.5, 0.6) is 0 Å². The topological polar surface area (TPSA) is 59.5 Å². The fraction of sp³-hybridized carbons (Fsp3) is 0.227. The lowest BCUT2D eigenvalue weighted by Gasteiger charge is -2.15. The molecule has 148 valence electrons. The standard InChI is InChI=1S/C22H19ClN2O3S/c23-19-5-2-1-4-18(19)22-24-16(14-29-22)13-28-21(27)12-15-7-9-17(10-8-15)25-11-3-6-20(25)26/h1-2,4-5,7-10,14H,3,6,11-13H2. The van der Waals surface area contributed by atoms with Gasteiger partial charge in [-0.05, 0) is 30.2 Å². The summed E-state index contributed by atoms with van der Waals surface area (Å²) in [4.78, 5) is 30.3. The molecule has 1 saturated heterocycles. The van der Waals surface area contributed by atoms with Crippen molar-refractivity contribution >= 4 is 40.5 Å². The van der Waals surface area contributed by atoms with Gasteiger partial charge in [0.15, 0.2) is 0 Å². The summed E-state index contributed by atoms with van der Waals surface area (Å²) in [5.41, 5.74) is 3.29. The molecule has 2 aromatic carbocycles. The molecule has 0 unspecified atom stereocenters. The normalized spacial score (nSPS) is 13.7. The zero-order valence-corrected chi connectivity index (χ0v) is 17.2. The molecule has 4 rings (SSSR count). The van der Waals surface area contributed by atoms with Crippen LogP contribution in [-0.2, 0) is 27.4 Å². The average Bonchev–Trinajstić information content (AvgIpc) is 3.36. The van der Waals surface area contributed by atoms with E-state index in [0.717, 1.165) is 34.8 Å². The minimum absolute atomic E-state index is 0.125. The summed E-state index contributed by atoms with van der Waals surface area (Å²) < 4.78 is 5.37. The first kappa shape index (κ1) is 19.6. The van der Waals surface area contributed by atoms with Gasteiger partial charge in [-0.25, -0.2) is 4.98 Å². The van der Waals surface area contributed by atoms with E-state index in [9.17, 15) is 9.59 Å². The predicted octanol–water partition coefficient (Wildman–Crippen LogP) is 4.88. The highest BCUT2D eigenvalue weighted by Gasteiger charge is 2.21. The number of rotatable bonds is 6. The van der Waals surface area contributed by atoms with E-state index in [0.29, 0.717) is 17.1 Å². The third-order valence-electron chi connectivity index (χ3n) is 4.71. The third-order valence-corrected chi connectivity index (χ3v) is 5.96. The van der Waals surface area contributed by atoms with Crippen molar-refractivity contribution in [3.05, 3.63) is 70.2 Å². The number of anilines is 1. The molecule has 1 aromatic heterocycles. The van der Waals surface area contributed by atoms with E-state index in [2.05, 4.69) is 4.98 Å². The Bertz CT molecular complexity index is 1030. The molecule has 2 heterocycles. The second-order valence-electron chi connectivity index (χ2n) is 6.78. The molecule has 1 aliphatic heterocycles. The van der Waals surface area contributed by atoms with Crippen LogP contribution in [0.2, 0.25) is 5.02 Å². The largest absolute Gasteiger partial charge is 0.459 e. The van der Waals surface area contributed by atoms with Crippen molar-refractivity contribution in [2.75, 3.05) is 11.4 Å². The van der Waals surface area contributed by atoms with E-state index in [4.69, 9.17) is 16.3 Å². The van der Waals surface area contributed by atoms with Crippen molar-refractivity contribution in [3.63, 3.8) is 0 Å². The van der Waals surface area contributed by atoms with Crippen LogP contribution in [-0.4, -0.2) is 23.4 Å². The van der Waals surface area contributed by atoms with Crippen molar-refractivity contribution in [1.82, 2.24) is 4.98 Å². The molecule has 0 spiro atoms. The number of ether oxygens (including phenoxy) is 1. The quantitative estimate of drug-likeness (QED) is 0.527. The first-order chi connectivity index (χ1) is 14.1. The number of nitrogens with zero attached hydrogens (tertiary/aromatic N) is 2. The van der Waals surface area contributed by atoms with Gasteiger partial charge in [0.05, 0.1) is 17.1 Å². The molecule has 0 radical (unpaired) electrons. The molecule has 5 nitrogen and oxygen atoms in total. The van der Waals surface area contributed by atoms with Crippen LogP contribution in [0.25, 0.3) is 10.6 Å². The molecule has 1 amide bonds. The van der Waals surface area contributed by atoms with Gasteiger partial charge in [0.1, 0.15) is 11.6 Å². The van der Waals surface area contributed by atoms with Crippen molar-refractivity contribution in [2.45, 2.75) is 25.9 Å². The SMILES string of the molecule is O=C(Cc1ccc(N2CCCC2=O)cc1)OCc1csc(-c2ccccc2Cl)n1. The van der Waals surface area contributed by atoms with Gasteiger partial charge in [0.25, 0.3) is 0 Å². The number of aromatic nitrogens is 1. The van der Waals surface area contributed by atoms with Gasteiger partial charge >= 0.3 is 5.97 Å². The lowest BCUT2D eigenvalue weighted by Crippen LogP contribution is -2.23. The van der Waals surface area contributed by atoms with Gasteiger partial charge in [-0.1, -0.05) is 41.9 Å². The van der Waals surface area contributed by atoms with Gasteiger partial charge in [0, 0.05) is 29.6 Å². The van der Waals surface area contributed by atoms with Crippen molar-refractivity contribution < 1.29 is 14.3 Å². The maximum absolute atomic E-state index is 12.2. The number of hydrogen-bond acceptors (Lipinski definition) is 5. The molecule has 7 heteroatoms. The lowest BCUT2D eigenvalue weighted by atomic mass is 10.1. The minimum Gasteiger partial charge on any atom is -0.459 e. The first-order valence-corrected chi connectivity index (χ1v) is 10.6. The molecular formula is C22H19ClN2O3S. The molecule has 0 aliphatic carbocycles. The van der Waals surface area contributed by atoms with Gasteiger partial charge < -0.3 is 9.64 Å². The Hall–Kier alpha value is -2.70. The minimum atomic E-state index is -0.317. The number of hydrogen-bond donors (Lipinski definition) is 0. The molecule has 29 heavy (non-hydrogen) atoms. The highest BCUT2D eigenvalue weighted by Crippen LogP contribution is 2.30. The molecule has 0 saturated carbocycles. The Morgan fingerprint density at radius 2 is 1.97 bits per heavy atom. The molecular weight excluding hydrogens is 408 g/mol. The first-order valence-electron chi connectivity index (χ1n) is 9.34. The van der Waals surface area contributed by atoms with Gasteiger partial charge in [-0.15, -0.1) is 11.3 Å². The number of benzene rings is 2. The number of thiazole rings is 1. The van der Waals surface area contributed by atoms with Crippen LogP contribution in [0, 0.1) is 0 Å². The second-order valence-corrected chi connectivity index (χ2v) is 8.04. The smallest absolute Gasteiger partial charge is 0.310 e. The Labute approximate surface area is 177 Å². The number of esters is 1. The van der Waals surface area contributed by atoms with Crippen LogP contribution >= 0.6 is 22.9 Å². The van der Waals surface area contributed by atoms with Crippen molar-refractivity contribution in [2.24, 2.45) is 0 Å². The van der Waals surface area contributed by atoms with E-state index in [-0.39, 0.29) is 24.9 Å². The summed E-state index contributed by atoms with van der Waals surface area (Å²) in [5.74, 6) is -0.168. The molecule has 0 bridgehead atoms. The Kier molecular flexibility index (Phi) is 5.92. The summed E-state index contributed by atoms with van der Waals surface area (Å²) in [5, 5.41) is 3.31. The molecule has 0 atom stereocenters. The second kappa shape index (κ2) is 8.76. The molecule has 1 fully saturated rings. The van der Waals surface area contributed by atoms with Gasteiger partial charge in [-0.2, -0.15) is 0 Å². The van der Waals surface area contributed by atoms with E-state index in [1.165, 1.54) is 11.3 Å². The average molecular weight is 427 g/mol. The van der Waals surface area contributed by atoms with Crippen LogP contribution in [0.4, 0.5) is 5.69 Å². The summed E-state index contributed by atoms with van der Waals surface area (Å²) in [6.45, 7) is 0.879. The maximum Gasteiger partial charge on any atom is 0.310 e. The van der Waals surface area contributed by atoms with Crippen LogP contribution in [0.3, 0.4) is 0 Å². The van der Waals surface area contributed by atoms with Crippen molar-refractivity contribution in [3.8, 4) is 10.6 Å². The predicted molar refractivity (Wildman–Crippen MR) is 114 cm³/mol. The van der Waals surface area contributed by atoms with Gasteiger partial charge in [-0.3, -0.25) is 9.59 Å². The molecule has 3 aromatic rings. The maximum atomic E-state index is 12.2. The lowest BCUT2D eigenvalue weighted by molar-refractivity contribution is -0.144. The molecule has 1 aliphatic rings. The fourth-order valence-corrected chi connectivity index (χ4v) is 4.34. The van der Waals surface area contributed by atoms with Crippen LogP contribution < -0.4 is 4.90 Å². The molecule has 0 N–H and O–H groups in total. The summed E-state index contributed by atoms with van der Waals surface area (Å²) >= 11 is 7.67. The van der Waals surface area contributed by atoms with E-state index < -0.39 is 0 Å². The van der Waals surface area contributed by atoms with E-state index >= 15 is 0 Å². The van der Waals surface area contributed by atoms with Crippen LogP contribution in [0.1, 0.15) is 24.1 Å². The number of amides is 1. The van der Waals surface area contributed by atoms with Crippen molar-refractivity contribution in [1.29, 1.82) is 0 Å². The number of halogens is 1. The summed E-state index contributed by atoms with van der Waals surface area (Å²) in [6, 6.07) is 15.0. The third kappa shape index (κ3) is 4.66. The van der Waals surface area contributed by atoms with E-state index in [1.54, 1.807) is 4.90 Å². The summed E-state index contributed by atoms with van der Waals surface area (Å²) in [6.07, 6.45) is 1.67. The Balaban J connectivity index is 1.31. The van der Waals surface area contributed by atoms with E-state index in [1.807, 2.05) is 53.9 Å².